The maximum atomic E-state index is 12.0. The summed E-state index contributed by atoms with van der Waals surface area (Å²) in [5, 5.41) is 9.81. The molecule has 0 atom stereocenters. The molecule has 7 heteroatoms. The van der Waals surface area contributed by atoms with Gasteiger partial charge in [-0.15, -0.1) is 0 Å². The summed E-state index contributed by atoms with van der Waals surface area (Å²) in [6.07, 6.45) is 1.82. The fourth-order valence-electron chi connectivity index (χ4n) is 2.16. The zero-order valence-electron chi connectivity index (χ0n) is 13.4. The van der Waals surface area contributed by atoms with E-state index in [-0.39, 0.29) is 12.1 Å². The minimum atomic E-state index is -0.339. The van der Waals surface area contributed by atoms with Gasteiger partial charge in [-0.3, -0.25) is 10.00 Å². The van der Waals surface area contributed by atoms with Crippen LogP contribution in [0.5, 0.6) is 0 Å². The fourth-order valence-corrected chi connectivity index (χ4v) is 2.16. The lowest BCUT2D eigenvalue weighted by Crippen LogP contribution is -2.43. The van der Waals surface area contributed by atoms with Gasteiger partial charge in [-0.25, -0.2) is 4.79 Å². The van der Waals surface area contributed by atoms with Gasteiger partial charge in [0.2, 0.25) is 0 Å². The molecule has 0 spiro atoms. The van der Waals surface area contributed by atoms with E-state index in [9.17, 15) is 4.79 Å². The Morgan fingerprint density at radius 2 is 1.87 bits per heavy atom. The first-order valence-corrected chi connectivity index (χ1v) is 7.34. The van der Waals surface area contributed by atoms with E-state index in [1.54, 1.807) is 25.0 Å². The number of amides is 2. The zero-order chi connectivity index (χ0) is 16.5. The zero-order valence-corrected chi connectivity index (χ0v) is 13.4. The first-order chi connectivity index (χ1) is 11.2. The SMILES string of the molecule is COCC(COC)NC(=O)Nc1ccn(Cc2ccccc2)n1. The average molecular weight is 318 g/mol. The predicted molar refractivity (Wildman–Crippen MR) is 87.5 cm³/mol. The van der Waals surface area contributed by atoms with Crippen LogP contribution in [0.2, 0.25) is 0 Å². The van der Waals surface area contributed by atoms with Gasteiger partial charge < -0.3 is 14.8 Å². The molecule has 0 saturated heterocycles. The molecule has 124 valence electrons. The van der Waals surface area contributed by atoms with Gasteiger partial charge in [0, 0.05) is 26.5 Å². The maximum absolute atomic E-state index is 12.0. The lowest BCUT2D eigenvalue weighted by molar-refractivity contribution is 0.107. The predicted octanol–water partition coefficient (Wildman–Crippen LogP) is 1.71. The Bertz CT molecular complexity index is 594. The standard InChI is InChI=1S/C16H22N4O3/c1-22-11-14(12-23-2)17-16(21)18-15-8-9-20(19-15)10-13-6-4-3-5-7-13/h3-9,14H,10-12H2,1-2H3,(H2,17,18,19,21). The van der Waals surface area contributed by atoms with Crippen LogP contribution in [0.15, 0.2) is 42.6 Å². The van der Waals surface area contributed by atoms with Crippen molar-refractivity contribution in [2.24, 2.45) is 0 Å². The van der Waals surface area contributed by atoms with Crippen molar-refractivity contribution in [3.8, 4) is 0 Å². The lowest BCUT2D eigenvalue weighted by Gasteiger charge is -2.16. The smallest absolute Gasteiger partial charge is 0.320 e. The van der Waals surface area contributed by atoms with E-state index in [4.69, 9.17) is 9.47 Å². The first-order valence-electron chi connectivity index (χ1n) is 7.34. The number of nitrogens with zero attached hydrogens (tertiary/aromatic N) is 2. The van der Waals surface area contributed by atoms with E-state index < -0.39 is 0 Å². The molecule has 0 fully saturated rings. The Kier molecular flexibility index (Phi) is 6.58. The summed E-state index contributed by atoms with van der Waals surface area (Å²) < 4.78 is 11.8. The quantitative estimate of drug-likeness (QED) is 0.777. The number of urea groups is 1. The second-order valence-electron chi connectivity index (χ2n) is 5.09. The van der Waals surface area contributed by atoms with Crippen LogP contribution in [0, 0.1) is 0 Å². The summed E-state index contributed by atoms with van der Waals surface area (Å²) in [7, 11) is 3.15. The number of hydrogen-bond acceptors (Lipinski definition) is 4. The number of benzene rings is 1. The summed E-state index contributed by atoms with van der Waals surface area (Å²) in [6, 6.07) is 11.2. The summed E-state index contributed by atoms with van der Waals surface area (Å²) in [5.41, 5.74) is 1.15. The molecule has 2 aromatic rings. The highest BCUT2D eigenvalue weighted by atomic mass is 16.5. The molecule has 0 bridgehead atoms. The summed E-state index contributed by atoms with van der Waals surface area (Å²) >= 11 is 0. The van der Waals surface area contributed by atoms with Crippen molar-refractivity contribution >= 4 is 11.8 Å². The summed E-state index contributed by atoms with van der Waals surface area (Å²) in [5.74, 6) is 0.493. The molecule has 1 aromatic heterocycles. The van der Waals surface area contributed by atoms with Gasteiger partial charge in [0.1, 0.15) is 0 Å². The maximum Gasteiger partial charge on any atom is 0.320 e. The molecular weight excluding hydrogens is 296 g/mol. The molecule has 1 aromatic carbocycles. The normalized spacial score (nSPS) is 10.7. The molecule has 2 amide bonds. The van der Waals surface area contributed by atoms with E-state index >= 15 is 0 Å². The van der Waals surface area contributed by atoms with Crippen LogP contribution in [0.3, 0.4) is 0 Å². The van der Waals surface area contributed by atoms with Gasteiger partial charge in [-0.1, -0.05) is 30.3 Å². The van der Waals surface area contributed by atoms with Crippen molar-refractivity contribution in [3.63, 3.8) is 0 Å². The van der Waals surface area contributed by atoms with Crippen molar-refractivity contribution in [1.29, 1.82) is 0 Å². The Morgan fingerprint density at radius 3 is 2.52 bits per heavy atom. The van der Waals surface area contributed by atoms with Crippen LogP contribution in [0.4, 0.5) is 10.6 Å². The van der Waals surface area contributed by atoms with Gasteiger partial charge in [0.25, 0.3) is 0 Å². The van der Waals surface area contributed by atoms with Crippen molar-refractivity contribution in [3.05, 3.63) is 48.2 Å². The van der Waals surface area contributed by atoms with Gasteiger partial charge in [0.05, 0.1) is 25.8 Å². The van der Waals surface area contributed by atoms with E-state index in [1.807, 2.05) is 36.5 Å². The Morgan fingerprint density at radius 1 is 1.17 bits per heavy atom. The molecule has 0 radical (unpaired) electrons. The number of anilines is 1. The molecule has 0 aliphatic carbocycles. The largest absolute Gasteiger partial charge is 0.382 e. The molecule has 0 unspecified atom stereocenters. The Labute approximate surface area is 135 Å². The van der Waals surface area contributed by atoms with Crippen LogP contribution in [-0.4, -0.2) is 49.3 Å². The van der Waals surface area contributed by atoms with Gasteiger partial charge in [0.15, 0.2) is 5.82 Å². The molecule has 2 N–H and O–H groups in total. The third-order valence-electron chi connectivity index (χ3n) is 3.14. The fraction of sp³-hybridized carbons (Fsp3) is 0.375. The molecule has 2 rings (SSSR count). The van der Waals surface area contributed by atoms with Crippen LogP contribution in [0.25, 0.3) is 0 Å². The summed E-state index contributed by atoms with van der Waals surface area (Å²) in [6.45, 7) is 1.41. The molecule has 23 heavy (non-hydrogen) atoms. The lowest BCUT2D eigenvalue weighted by atomic mass is 10.2. The number of carbonyl (C=O) groups excluding carboxylic acids is 1. The third kappa shape index (κ3) is 5.72. The number of hydrogen-bond donors (Lipinski definition) is 2. The topological polar surface area (TPSA) is 77.4 Å². The molecule has 1 heterocycles. The highest BCUT2D eigenvalue weighted by Crippen LogP contribution is 2.06. The van der Waals surface area contributed by atoms with Crippen LogP contribution in [-0.2, 0) is 16.0 Å². The first kappa shape index (κ1) is 17.0. The van der Waals surface area contributed by atoms with Crippen molar-refractivity contribution < 1.29 is 14.3 Å². The monoisotopic (exact) mass is 318 g/mol. The summed E-state index contributed by atoms with van der Waals surface area (Å²) in [4.78, 5) is 12.0. The average Bonchev–Trinajstić information content (AvgIpc) is 2.95. The number of carbonyl (C=O) groups is 1. The van der Waals surface area contributed by atoms with Crippen molar-refractivity contribution in [1.82, 2.24) is 15.1 Å². The number of nitrogens with one attached hydrogen (secondary N) is 2. The number of methoxy groups -OCH3 is 2. The van der Waals surface area contributed by atoms with E-state index in [1.165, 1.54) is 0 Å². The van der Waals surface area contributed by atoms with E-state index in [0.29, 0.717) is 25.6 Å². The van der Waals surface area contributed by atoms with Gasteiger partial charge in [-0.05, 0) is 5.56 Å². The number of ether oxygens (including phenoxy) is 2. The third-order valence-corrected chi connectivity index (χ3v) is 3.14. The highest BCUT2D eigenvalue weighted by molar-refractivity contribution is 5.88. The molecule has 0 aliphatic heterocycles. The van der Waals surface area contributed by atoms with Crippen LogP contribution < -0.4 is 10.6 Å². The minimum absolute atomic E-state index is 0.212. The molecule has 0 aliphatic rings. The molecular formula is C16H22N4O3. The van der Waals surface area contributed by atoms with Crippen LogP contribution >= 0.6 is 0 Å². The second-order valence-corrected chi connectivity index (χ2v) is 5.09. The van der Waals surface area contributed by atoms with E-state index in [0.717, 1.165) is 5.56 Å². The van der Waals surface area contributed by atoms with Crippen LogP contribution in [0.1, 0.15) is 5.56 Å². The second kappa shape index (κ2) is 8.92. The number of rotatable bonds is 8. The highest BCUT2D eigenvalue weighted by Gasteiger charge is 2.12. The molecule has 7 nitrogen and oxygen atoms in total. The number of aromatic nitrogens is 2. The molecule has 0 saturated carbocycles. The van der Waals surface area contributed by atoms with Crippen molar-refractivity contribution in [2.75, 3.05) is 32.8 Å². The Balaban J connectivity index is 1.87. The van der Waals surface area contributed by atoms with Crippen molar-refractivity contribution in [2.45, 2.75) is 12.6 Å². The minimum Gasteiger partial charge on any atom is -0.382 e. The van der Waals surface area contributed by atoms with Gasteiger partial charge in [-0.2, -0.15) is 5.10 Å². The Hall–Kier alpha value is -2.38. The van der Waals surface area contributed by atoms with E-state index in [2.05, 4.69) is 15.7 Å². The van der Waals surface area contributed by atoms with Gasteiger partial charge >= 0.3 is 6.03 Å².